The molecule has 49 valence electrons. The summed E-state index contributed by atoms with van der Waals surface area (Å²) < 4.78 is 0. The highest BCUT2D eigenvalue weighted by Crippen LogP contribution is 2.07. The van der Waals surface area contributed by atoms with E-state index < -0.39 is 0 Å². The van der Waals surface area contributed by atoms with Crippen LogP contribution < -0.4 is 5.32 Å². The van der Waals surface area contributed by atoms with Crippen LogP contribution in [-0.2, 0) is 0 Å². The maximum absolute atomic E-state index is 4.05. The fourth-order valence-corrected chi connectivity index (χ4v) is 1.27. The van der Waals surface area contributed by atoms with Gasteiger partial charge in [0.05, 0.1) is 0 Å². The minimum atomic E-state index is 0.718. The first-order valence-electron chi connectivity index (χ1n) is 2.80. The van der Waals surface area contributed by atoms with Crippen molar-refractivity contribution in [3.8, 4) is 0 Å². The van der Waals surface area contributed by atoms with Gasteiger partial charge in [-0.25, -0.2) is 15.3 Å². The Kier molecular flexibility index (Phi) is 1.25. The number of aliphatic imine (C=N–C) groups is 1. The van der Waals surface area contributed by atoms with E-state index in [9.17, 15) is 0 Å². The van der Waals surface area contributed by atoms with Gasteiger partial charge in [0.1, 0.15) is 0 Å². The maximum Gasteiger partial charge on any atom is 0.188 e. The summed E-state index contributed by atoms with van der Waals surface area (Å²) in [7, 11) is 0. The molecule has 1 aromatic rings. The largest absolute Gasteiger partial charge is 0.241 e. The summed E-state index contributed by atoms with van der Waals surface area (Å²) in [6, 6.07) is 0. The van der Waals surface area contributed by atoms with E-state index in [1.54, 1.807) is 29.9 Å². The quantitative estimate of drug-likeness (QED) is 0.588. The van der Waals surface area contributed by atoms with Crippen LogP contribution in [0.2, 0.25) is 0 Å². The Bertz CT molecular complexity index is 273. The van der Waals surface area contributed by atoms with Gasteiger partial charge in [0.15, 0.2) is 10.8 Å². The van der Waals surface area contributed by atoms with Crippen molar-refractivity contribution in [1.82, 2.24) is 10.3 Å². The van der Waals surface area contributed by atoms with E-state index in [4.69, 9.17) is 0 Å². The fourth-order valence-electron chi connectivity index (χ4n) is 0.686. The molecule has 3 nitrogen and oxygen atoms in total. The molecule has 0 aliphatic carbocycles. The lowest BCUT2D eigenvalue weighted by molar-refractivity contribution is 1.26. The lowest BCUT2D eigenvalue weighted by Crippen LogP contribution is -2.06. The normalized spacial score (nSPS) is 15.0. The van der Waals surface area contributed by atoms with Gasteiger partial charge in [0.2, 0.25) is 0 Å². The van der Waals surface area contributed by atoms with Crippen LogP contribution in [0, 0.1) is 0 Å². The smallest absolute Gasteiger partial charge is 0.188 e. The lowest BCUT2D eigenvalue weighted by Gasteiger charge is -1.89. The summed E-state index contributed by atoms with van der Waals surface area (Å²) in [5, 5.41) is 6.78. The molecule has 0 fully saturated rings. The molecule has 0 bridgehead atoms. The third-order valence-electron chi connectivity index (χ3n) is 1.08. The van der Waals surface area contributed by atoms with Gasteiger partial charge in [-0.2, -0.15) is 0 Å². The Hall–Kier alpha value is -1.16. The topological polar surface area (TPSA) is 39.4 Å². The van der Waals surface area contributed by atoms with Crippen molar-refractivity contribution in [2.24, 2.45) is 4.99 Å². The van der Waals surface area contributed by atoms with E-state index in [0.717, 1.165) is 10.8 Å². The molecule has 0 aromatic carbocycles. The molecule has 0 amide bonds. The Morgan fingerprint density at radius 2 is 2.30 bits per heavy atom. The van der Waals surface area contributed by atoms with Gasteiger partial charge in [-0.1, -0.05) is 0 Å². The Labute approximate surface area is 62.1 Å². The van der Waals surface area contributed by atoms with E-state index in [1.165, 1.54) is 0 Å². The predicted molar refractivity (Wildman–Crippen MR) is 39.9 cm³/mol. The molecule has 0 unspecified atom stereocenters. The summed E-state index contributed by atoms with van der Waals surface area (Å²) in [5.74, 6) is 0.718. The number of thiazole rings is 1. The minimum absolute atomic E-state index is 0.718. The van der Waals surface area contributed by atoms with Crippen molar-refractivity contribution in [2.45, 2.75) is 0 Å². The zero-order valence-electron chi connectivity index (χ0n) is 5.06. The van der Waals surface area contributed by atoms with Crippen molar-refractivity contribution in [3.05, 3.63) is 29.0 Å². The Morgan fingerprint density at radius 1 is 1.30 bits per heavy atom. The SMILES string of the molecule is C1=CN=C(c2nccs2)[N]1. The average Bonchev–Trinajstić information content (AvgIpc) is 2.59. The van der Waals surface area contributed by atoms with Gasteiger partial charge in [-0.3, -0.25) is 0 Å². The Morgan fingerprint density at radius 3 is 2.90 bits per heavy atom. The second kappa shape index (κ2) is 2.22. The molecule has 0 spiro atoms. The van der Waals surface area contributed by atoms with E-state index in [-0.39, 0.29) is 0 Å². The first-order valence-corrected chi connectivity index (χ1v) is 3.68. The molecule has 0 N–H and O–H groups in total. The third-order valence-corrected chi connectivity index (χ3v) is 1.85. The molecule has 0 saturated carbocycles. The van der Waals surface area contributed by atoms with Gasteiger partial charge < -0.3 is 0 Å². The second-order valence-electron chi connectivity index (χ2n) is 1.72. The van der Waals surface area contributed by atoms with Gasteiger partial charge in [-0.05, 0) is 0 Å². The average molecular weight is 150 g/mol. The molecule has 0 saturated heterocycles. The van der Waals surface area contributed by atoms with Gasteiger partial charge >= 0.3 is 0 Å². The van der Waals surface area contributed by atoms with E-state index >= 15 is 0 Å². The van der Waals surface area contributed by atoms with E-state index in [2.05, 4.69) is 15.3 Å². The molecule has 1 aliphatic heterocycles. The zero-order chi connectivity index (χ0) is 6.81. The molecular formula is C6H4N3S. The van der Waals surface area contributed by atoms with Gasteiger partial charge in [0, 0.05) is 24.0 Å². The monoisotopic (exact) mass is 150 g/mol. The summed E-state index contributed by atoms with van der Waals surface area (Å²) in [4.78, 5) is 8.05. The van der Waals surface area contributed by atoms with Crippen molar-refractivity contribution >= 4 is 17.2 Å². The zero-order valence-corrected chi connectivity index (χ0v) is 5.88. The van der Waals surface area contributed by atoms with Crippen molar-refractivity contribution < 1.29 is 0 Å². The van der Waals surface area contributed by atoms with Crippen LogP contribution in [0.25, 0.3) is 0 Å². The fraction of sp³-hybridized carbons (Fsp3) is 0. The number of amidine groups is 1. The second-order valence-corrected chi connectivity index (χ2v) is 2.61. The van der Waals surface area contributed by atoms with Gasteiger partial charge in [-0.15, -0.1) is 11.3 Å². The summed E-state index contributed by atoms with van der Waals surface area (Å²) >= 11 is 1.54. The van der Waals surface area contributed by atoms with Crippen molar-refractivity contribution in [2.75, 3.05) is 0 Å². The molecule has 0 atom stereocenters. The first-order chi connectivity index (χ1) is 4.97. The highest BCUT2D eigenvalue weighted by Gasteiger charge is 2.07. The molecule has 1 aliphatic rings. The molecule has 10 heavy (non-hydrogen) atoms. The molecule has 2 heterocycles. The molecule has 4 heteroatoms. The molecular weight excluding hydrogens is 146 g/mol. The van der Waals surface area contributed by atoms with Crippen LogP contribution in [0.5, 0.6) is 0 Å². The number of rotatable bonds is 1. The summed E-state index contributed by atoms with van der Waals surface area (Å²) in [5.41, 5.74) is 0. The lowest BCUT2D eigenvalue weighted by atomic mass is 10.6. The van der Waals surface area contributed by atoms with Crippen LogP contribution in [0.1, 0.15) is 5.01 Å². The molecule has 2 rings (SSSR count). The van der Waals surface area contributed by atoms with Crippen LogP contribution in [-0.4, -0.2) is 10.8 Å². The van der Waals surface area contributed by atoms with Gasteiger partial charge in [0.25, 0.3) is 0 Å². The van der Waals surface area contributed by atoms with E-state index in [0.29, 0.717) is 0 Å². The van der Waals surface area contributed by atoms with Crippen LogP contribution in [0.4, 0.5) is 0 Å². The number of nitrogens with zero attached hydrogens (tertiary/aromatic N) is 3. The predicted octanol–water partition coefficient (Wildman–Crippen LogP) is 0.979. The van der Waals surface area contributed by atoms with Crippen LogP contribution in [0.15, 0.2) is 29.0 Å². The highest BCUT2D eigenvalue weighted by atomic mass is 32.1. The number of hydrogen-bond donors (Lipinski definition) is 0. The Balaban J connectivity index is 2.30. The van der Waals surface area contributed by atoms with Crippen molar-refractivity contribution in [1.29, 1.82) is 0 Å². The van der Waals surface area contributed by atoms with Crippen LogP contribution >= 0.6 is 11.3 Å². The maximum atomic E-state index is 4.05. The van der Waals surface area contributed by atoms with E-state index in [1.807, 2.05) is 5.38 Å². The summed E-state index contributed by atoms with van der Waals surface area (Å²) in [6.45, 7) is 0. The summed E-state index contributed by atoms with van der Waals surface area (Å²) in [6.07, 6.45) is 5.07. The number of aromatic nitrogens is 1. The molecule has 1 aromatic heterocycles. The first kappa shape index (κ1) is 5.61. The standard InChI is InChI=1S/C6H4N3S/c1-2-8-5(7-1)6-9-3-4-10-6/h1-4H. The highest BCUT2D eigenvalue weighted by molar-refractivity contribution is 7.11. The third kappa shape index (κ3) is 0.823. The molecule has 1 radical (unpaired) electrons. The number of hydrogen-bond acceptors (Lipinski definition) is 3. The van der Waals surface area contributed by atoms with Crippen molar-refractivity contribution in [3.63, 3.8) is 0 Å². The van der Waals surface area contributed by atoms with Crippen LogP contribution in [0.3, 0.4) is 0 Å². The minimum Gasteiger partial charge on any atom is -0.241 e.